The number of rotatable bonds is 7. The first-order valence-corrected chi connectivity index (χ1v) is 9.37. The van der Waals surface area contributed by atoms with Gasteiger partial charge in [0.25, 0.3) is 5.69 Å². The molecule has 0 heterocycles. The molecule has 0 spiro atoms. The van der Waals surface area contributed by atoms with Crippen molar-refractivity contribution in [1.29, 1.82) is 0 Å². The second kappa shape index (κ2) is 7.75. The van der Waals surface area contributed by atoms with Crippen LogP contribution in [0.2, 0.25) is 0 Å². The van der Waals surface area contributed by atoms with Gasteiger partial charge in [0.15, 0.2) is 0 Å². The van der Waals surface area contributed by atoms with Gasteiger partial charge in [-0.15, -0.1) is 0 Å². The van der Waals surface area contributed by atoms with Crippen molar-refractivity contribution in [2.45, 2.75) is 0 Å². The quantitative estimate of drug-likeness (QED) is 0.419. The summed E-state index contributed by atoms with van der Waals surface area (Å²) in [5.41, 5.74) is 1.69. The summed E-state index contributed by atoms with van der Waals surface area (Å²) in [5, 5.41) is 14.0. The van der Waals surface area contributed by atoms with Crippen molar-refractivity contribution < 1.29 is 13.3 Å². The van der Waals surface area contributed by atoms with E-state index in [0.29, 0.717) is 22.7 Å². The first-order valence-electron chi connectivity index (χ1n) is 7.89. The lowest BCUT2D eigenvalue weighted by atomic mass is 10.2. The average molecular weight is 384 g/mol. The Morgan fingerprint density at radius 1 is 0.704 bits per heavy atom. The number of hydrogen-bond acceptors (Lipinski definition) is 5. The Hall–Kier alpha value is -3.59. The summed E-state index contributed by atoms with van der Waals surface area (Å²) >= 11 is 0. The average Bonchev–Trinajstić information content (AvgIpc) is 2.64. The third kappa shape index (κ3) is 4.95. The molecule has 0 aliphatic carbocycles. The highest BCUT2D eigenvalue weighted by Crippen LogP contribution is 2.27. The maximum absolute atomic E-state index is 12.2. The van der Waals surface area contributed by atoms with Crippen molar-refractivity contribution in [3.05, 3.63) is 89.0 Å². The van der Waals surface area contributed by atoms with Crippen LogP contribution in [0.5, 0.6) is 0 Å². The Kier molecular flexibility index (Phi) is 5.23. The van der Waals surface area contributed by atoms with Gasteiger partial charge in [0.2, 0.25) is 0 Å². The standard InChI is InChI=1S/C18H16N4O4S/c23-22(24)18-9-5-4-8-17(18)19-14-10-12-16(13-11-14)21-27(25,26)20-15-6-2-1-3-7-15/h1-13,19-21H. The molecule has 3 rings (SSSR count). The molecule has 27 heavy (non-hydrogen) atoms. The smallest absolute Gasteiger partial charge is 0.321 e. The SMILES string of the molecule is O=[N+]([O-])c1ccccc1Nc1ccc(NS(=O)(=O)Nc2ccccc2)cc1. The van der Waals surface area contributed by atoms with Crippen LogP contribution in [-0.4, -0.2) is 13.3 Å². The molecule has 0 amide bonds. The van der Waals surface area contributed by atoms with E-state index in [1.165, 1.54) is 6.07 Å². The molecule has 0 radical (unpaired) electrons. The van der Waals surface area contributed by atoms with E-state index in [1.807, 2.05) is 0 Å². The van der Waals surface area contributed by atoms with Gasteiger partial charge < -0.3 is 5.32 Å². The summed E-state index contributed by atoms with van der Waals surface area (Å²) in [4.78, 5) is 10.6. The van der Waals surface area contributed by atoms with Crippen molar-refractivity contribution in [2.75, 3.05) is 14.8 Å². The normalized spacial score (nSPS) is 10.8. The molecule has 138 valence electrons. The Bertz CT molecular complexity index is 1040. The van der Waals surface area contributed by atoms with E-state index in [1.54, 1.807) is 72.8 Å². The maximum atomic E-state index is 12.2. The third-order valence-corrected chi connectivity index (χ3v) is 4.55. The number of para-hydroxylation sites is 3. The number of anilines is 4. The number of nitro benzene ring substituents is 1. The van der Waals surface area contributed by atoms with E-state index in [0.717, 1.165) is 0 Å². The minimum Gasteiger partial charge on any atom is -0.350 e. The van der Waals surface area contributed by atoms with Gasteiger partial charge in [-0.2, -0.15) is 8.42 Å². The Balaban J connectivity index is 1.70. The number of nitro groups is 1. The molecule has 0 saturated heterocycles. The molecular formula is C18H16N4O4S. The Morgan fingerprint density at radius 3 is 1.85 bits per heavy atom. The summed E-state index contributed by atoms with van der Waals surface area (Å²) in [6, 6.07) is 21.1. The first kappa shape index (κ1) is 18.2. The molecule has 0 fully saturated rings. The molecule has 3 N–H and O–H groups in total. The van der Waals surface area contributed by atoms with E-state index in [2.05, 4.69) is 14.8 Å². The van der Waals surface area contributed by atoms with Crippen LogP contribution in [-0.2, 0) is 10.2 Å². The highest BCUT2D eigenvalue weighted by Gasteiger charge is 2.13. The fraction of sp³-hybridized carbons (Fsp3) is 0. The predicted molar refractivity (Wildman–Crippen MR) is 105 cm³/mol. The van der Waals surface area contributed by atoms with Crippen molar-refractivity contribution in [2.24, 2.45) is 0 Å². The number of nitrogens with zero attached hydrogens (tertiary/aromatic N) is 1. The van der Waals surface area contributed by atoms with Gasteiger partial charge in [-0.3, -0.25) is 19.6 Å². The predicted octanol–water partition coefficient (Wildman–Crippen LogP) is 4.11. The van der Waals surface area contributed by atoms with Crippen LogP contribution in [0.15, 0.2) is 78.9 Å². The number of benzene rings is 3. The highest BCUT2D eigenvalue weighted by molar-refractivity contribution is 7.94. The second-order valence-electron chi connectivity index (χ2n) is 5.55. The minimum atomic E-state index is -3.79. The maximum Gasteiger partial charge on any atom is 0.321 e. The zero-order valence-corrected chi connectivity index (χ0v) is 14.8. The monoisotopic (exact) mass is 384 g/mol. The molecule has 3 aromatic carbocycles. The number of hydrogen-bond donors (Lipinski definition) is 3. The van der Waals surface area contributed by atoms with E-state index in [9.17, 15) is 18.5 Å². The lowest BCUT2D eigenvalue weighted by Crippen LogP contribution is -2.21. The summed E-state index contributed by atoms with van der Waals surface area (Å²) in [7, 11) is -3.79. The van der Waals surface area contributed by atoms with Crippen LogP contribution < -0.4 is 14.8 Å². The minimum absolute atomic E-state index is 0.0469. The van der Waals surface area contributed by atoms with Gasteiger partial charge in [0.05, 0.1) is 16.3 Å². The molecular weight excluding hydrogens is 368 g/mol. The molecule has 0 aromatic heterocycles. The zero-order valence-electron chi connectivity index (χ0n) is 14.0. The highest BCUT2D eigenvalue weighted by atomic mass is 32.2. The Labute approximate surface area is 156 Å². The largest absolute Gasteiger partial charge is 0.350 e. The summed E-state index contributed by atoms with van der Waals surface area (Å²) < 4.78 is 29.1. The fourth-order valence-electron chi connectivity index (χ4n) is 2.36. The second-order valence-corrected chi connectivity index (χ2v) is 6.97. The molecule has 0 unspecified atom stereocenters. The number of nitrogens with one attached hydrogen (secondary N) is 3. The van der Waals surface area contributed by atoms with Crippen LogP contribution in [0.1, 0.15) is 0 Å². The molecule has 0 bridgehead atoms. The van der Waals surface area contributed by atoms with E-state index in [4.69, 9.17) is 0 Å². The third-order valence-electron chi connectivity index (χ3n) is 3.54. The lowest BCUT2D eigenvalue weighted by molar-refractivity contribution is -0.383. The summed E-state index contributed by atoms with van der Waals surface area (Å²) in [5.74, 6) is 0. The topological polar surface area (TPSA) is 113 Å². The molecule has 0 atom stereocenters. The van der Waals surface area contributed by atoms with Crippen LogP contribution >= 0.6 is 0 Å². The van der Waals surface area contributed by atoms with Crippen molar-refractivity contribution in [3.8, 4) is 0 Å². The van der Waals surface area contributed by atoms with Crippen molar-refractivity contribution in [1.82, 2.24) is 0 Å². The Morgan fingerprint density at radius 2 is 1.22 bits per heavy atom. The van der Waals surface area contributed by atoms with Crippen molar-refractivity contribution >= 4 is 38.6 Å². The van der Waals surface area contributed by atoms with E-state index < -0.39 is 15.1 Å². The van der Waals surface area contributed by atoms with Gasteiger partial charge in [0, 0.05) is 11.8 Å². The molecule has 0 saturated carbocycles. The molecule has 0 aliphatic rings. The summed E-state index contributed by atoms with van der Waals surface area (Å²) in [6.07, 6.45) is 0. The van der Waals surface area contributed by atoms with Gasteiger partial charge in [-0.25, -0.2) is 0 Å². The van der Waals surface area contributed by atoms with Crippen LogP contribution in [0.4, 0.5) is 28.4 Å². The van der Waals surface area contributed by atoms with Gasteiger partial charge in [-0.05, 0) is 42.5 Å². The fourth-order valence-corrected chi connectivity index (χ4v) is 3.30. The van der Waals surface area contributed by atoms with Gasteiger partial charge >= 0.3 is 10.2 Å². The molecule has 9 heteroatoms. The van der Waals surface area contributed by atoms with Crippen LogP contribution in [0.25, 0.3) is 0 Å². The molecule has 0 aliphatic heterocycles. The molecule has 8 nitrogen and oxygen atoms in total. The van der Waals surface area contributed by atoms with E-state index in [-0.39, 0.29) is 5.69 Å². The zero-order chi connectivity index (χ0) is 19.3. The molecule has 3 aromatic rings. The van der Waals surface area contributed by atoms with Crippen molar-refractivity contribution in [3.63, 3.8) is 0 Å². The van der Waals surface area contributed by atoms with Crippen LogP contribution in [0.3, 0.4) is 0 Å². The van der Waals surface area contributed by atoms with Crippen LogP contribution in [0, 0.1) is 10.1 Å². The van der Waals surface area contributed by atoms with Gasteiger partial charge in [-0.1, -0.05) is 30.3 Å². The van der Waals surface area contributed by atoms with E-state index >= 15 is 0 Å². The lowest BCUT2D eigenvalue weighted by Gasteiger charge is -2.11. The first-order chi connectivity index (χ1) is 12.9. The summed E-state index contributed by atoms with van der Waals surface area (Å²) in [6.45, 7) is 0. The van der Waals surface area contributed by atoms with Gasteiger partial charge in [0.1, 0.15) is 5.69 Å².